The van der Waals surface area contributed by atoms with Crippen LogP contribution in [0.5, 0.6) is 0 Å². The fourth-order valence-corrected chi connectivity index (χ4v) is 5.09. The number of fused-ring (bicyclic) bond motifs is 1. The molecule has 0 aromatic heterocycles. The third kappa shape index (κ3) is 3.96. The van der Waals surface area contributed by atoms with Gasteiger partial charge < -0.3 is 10.2 Å². The van der Waals surface area contributed by atoms with Crippen LogP contribution >= 0.6 is 0 Å². The van der Waals surface area contributed by atoms with Crippen molar-refractivity contribution in [3.05, 3.63) is 0 Å². The summed E-state index contributed by atoms with van der Waals surface area (Å²) in [4.78, 5) is 2.41. The quantitative estimate of drug-likeness (QED) is 0.710. The van der Waals surface area contributed by atoms with E-state index in [4.69, 9.17) is 0 Å². The molecule has 6 nitrogen and oxygen atoms in total. The molecule has 0 aliphatic carbocycles. The first-order valence-corrected chi connectivity index (χ1v) is 9.42. The molecule has 0 saturated carbocycles. The number of nitrogens with zero attached hydrogens (tertiary/aromatic N) is 3. The lowest BCUT2D eigenvalue weighted by Crippen LogP contribution is -2.55. The molecule has 2 heterocycles. The van der Waals surface area contributed by atoms with Gasteiger partial charge in [-0.2, -0.15) is 17.0 Å². The molecule has 21 heavy (non-hydrogen) atoms. The van der Waals surface area contributed by atoms with Gasteiger partial charge in [0.25, 0.3) is 10.2 Å². The third-order valence-electron chi connectivity index (χ3n) is 4.93. The zero-order chi connectivity index (χ0) is 15.5. The fraction of sp³-hybridized carbons (Fsp3) is 1.00. The van der Waals surface area contributed by atoms with E-state index in [0.717, 1.165) is 32.4 Å². The zero-order valence-electron chi connectivity index (χ0n) is 13.6. The highest BCUT2D eigenvalue weighted by Gasteiger charge is 2.39. The van der Waals surface area contributed by atoms with Crippen molar-refractivity contribution in [2.75, 3.05) is 53.9 Å². The molecule has 2 aliphatic heterocycles. The third-order valence-corrected chi connectivity index (χ3v) is 6.88. The number of hydrogen-bond donors (Lipinski definition) is 1. The van der Waals surface area contributed by atoms with E-state index >= 15 is 0 Å². The van der Waals surface area contributed by atoms with Crippen LogP contribution in [0.4, 0.5) is 0 Å². The summed E-state index contributed by atoms with van der Waals surface area (Å²) in [6, 6.07) is 0.569. The zero-order valence-corrected chi connectivity index (χ0v) is 14.4. The monoisotopic (exact) mass is 318 g/mol. The lowest BCUT2D eigenvalue weighted by Gasteiger charge is -2.45. The first-order valence-electron chi connectivity index (χ1n) is 8.03. The Morgan fingerprint density at radius 2 is 2.05 bits per heavy atom. The summed E-state index contributed by atoms with van der Waals surface area (Å²) in [5, 5.41) is 3.06. The molecule has 0 radical (unpaired) electrons. The SMILES string of the molecule is CNCCCN(C)S(=O)(=O)N1CCC2C(CCCN2C)C1. The van der Waals surface area contributed by atoms with Crippen LogP contribution in [-0.2, 0) is 10.2 Å². The van der Waals surface area contributed by atoms with Crippen molar-refractivity contribution < 1.29 is 8.42 Å². The van der Waals surface area contributed by atoms with Gasteiger partial charge in [0.1, 0.15) is 0 Å². The summed E-state index contributed by atoms with van der Waals surface area (Å²) in [5.41, 5.74) is 0. The number of rotatable bonds is 6. The van der Waals surface area contributed by atoms with E-state index in [-0.39, 0.29) is 0 Å². The van der Waals surface area contributed by atoms with Crippen LogP contribution < -0.4 is 5.32 Å². The molecule has 7 heteroatoms. The van der Waals surface area contributed by atoms with E-state index in [0.29, 0.717) is 31.6 Å². The van der Waals surface area contributed by atoms with Gasteiger partial charge in [-0.05, 0) is 58.8 Å². The predicted octanol–water partition coefficient (Wildman–Crippen LogP) is 0.189. The van der Waals surface area contributed by atoms with Crippen LogP contribution in [0.1, 0.15) is 25.7 Å². The van der Waals surface area contributed by atoms with Crippen molar-refractivity contribution in [1.29, 1.82) is 0 Å². The Morgan fingerprint density at radius 1 is 1.29 bits per heavy atom. The highest BCUT2D eigenvalue weighted by molar-refractivity contribution is 7.86. The average Bonchev–Trinajstić information content (AvgIpc) is 2.47. The van der Waals surface area contributed by atoms with Crippen molar-refractivity contribution in [2.24, 2.45) is 5.92 Å². The minimum Gasteiger partial charge on any atom is -0.320 e. The number of nitrogens with one attached hydrogen (secondary N) is 1. The highest BCUT2D eigenvalue weighted by Crippen LogP contribution is 2.31. The number of hydrogen-bond acceptors (Lipinski definition) is 4. The van der Waals surface area contributed by atoms with Crippen molar-refractivity contribution in [2.45, 2.75) is 31.7 Å². The summed E-state index contributed by atoms with van der Waals surface area (Å²) in [5.74, 6) is 0.498. The smallest absolute Gasteiger partial charge is 0.281 e. The van der Waals surface area contributed by atoms with Gasteiger partial charge in [-0.3, -0.25) is 0 Å². The van der Waals surface area contributed by atoms with Gasteiger partial charge in [0.05, 0.1) is 0 Å². The molecular weight excluding hydrogens is 288 g/mol. The van der Waals surface area contributed by atoms with Gasteiger partial charge in [0, 0.05) is 32.7 Å². The molecule has 2 saturated heterocycles. The second kappa shape index (κ2) is 7.37. The van der Waals surface area contributed by atoms with E-state index in [9.17, 15) is 8.42 Å². The largest absolute Gasteiger partial charge is 0.320 e. The molecule has 0 aromatic carbocycles. The van der Waals surface area contributed by atoms with Crippen LogP contribution in [-0.4, -0.2) is 81.8 Å². The second-order valence-corrected chi connectivity index (χ2v) is 8.42. The first kappa shape index (κ1) is 17.1. The van der Waals surface area contributed by atoms with E-state index < -0.39 is 10.2 Å². The summed E-state index contributed by atoms with van der Waals surface area (Å²) >= 11 is 0. The van der Waals surface area contributed by atoms with Crippen molar-refractivity contribution in [3.8, 4) is 0 Å². The molecule has 0 spiro atoms. The molecule has 124 valence electrons. The molecule has 2 unspecified atom stereocenters. The Hall–Kier alpha value is -0.210. The van der Waals surface area contributed by atoms with E-state index in [1.807, 2.05) is 7.05 Å². The van der Waals surface area contributed by atoms with Crippen molar-refractivity contribution in [1.82, 2.24) is 18.8 Å². The lowest BCUT2D eigenvalue weighted by atomic mass is 9.85. The Labute approximate surface area is 129 Å². The topological polar surface area (TPSA) is 55.9 Å². The Morgan fingerprint density at radius 3 is 2.76 bits per heavy atom. The minimum atomic E-state index is -3.29. The fourth-order valence-electron chi connectivity index (χ4n) is 3.62. The molecule has 0 amide bonds. The normalized spacial score (nSPS) is 28.8. The molecule has 2 fully saturated rings. The van der Waals surface area contributed by atoms with Gasteiger partial charge in [0.15, 0.2) is 0 Å². The van der Waals surface area contributed by atoms with Crippen LogP contribution in [0.15, 0.2) is 0 Å². The maximum Gasteiger partial charge on any atom is 0.281 e. The summed E-state index contributed by atoms with van der Waals surface area (Å²) in [6.45, 7) is 3.92. The Kier molecular flexibility index (Phi) is 6.02. The molecule has 2 rings (SSSR count). The highest BCUT2D eigenvalue weighted by atomic mass is 32.2. The van der Waals surface area contributed by atoms with Gasteiger partial charge in [-0.1, -0.05) is 0 Å². The minimum absolute atomic E-state index is 0.498. The predicted molar refractivity (Wildman–Crippen MR) is 85.4 cm³/mol. The summed E-state index contributed by atoms with van der Waals surface area (Å²) in [6.07, 6.45) is 4.15. The van der Waals surface area contributed by atoms with E-state index in [2.05, 4.69) is 17.3 Å². The van der Waals surface area contributed by atoms with Crippen molar-refractivity contribution >= 4 is 10.2 Å². The van der Waals surface area contributed by atoms with E-state index in [1.54, 1.807) is 11.4 Å². The number of likely N-dealkylation sites (tertiary alicyclic amines) is 1. The van der Waals surface area contributed by atoms with Crippen LogP contribution in [0, 0.1) is 5.92 Å². The van der Waals surface area contributed by atoms with Gasteiger partial charge >= 0.3 is 0 Å². The van der Waals surface area contributed by atoms with Gasteiger partial charge in [-0.15, -0.1) is 0 Å². The van der Waals surface area contributed by atoms with Gasteiger partial charge in [-0.25, -0.2) is 0 Å². The molecule has 2 aliphatic rings. The molecule has 0 aromatic rings. The number of piperidine rings is 2. The molecule has 1 N–H and O–H groups in total. The standard InChI is InChI=1S/C14H30N4O2S/c1-15-8-5-10-17(3)21(19,20)18-11-7-14-13(12-18)6-4-9-16(14)2/h13-15H,4-12H2,1-3H3. The summed E-state index contributed by atoms with van der Waals surface area (Å²) < 4.78 is 28.5. The Bertz CT molecular complexity index is 429. The van der Waals surface area contributed by atoms with Crippen molar-refractivity contribution in [3.63, 3.8) is 0 Å². The van der Waals surface area contributed by atoms with Crippen LogP contribution in [0.25, 0.3) is 0 Å². The van der Waals surface area contributed by atoms with Crippen LogP contribution in [0.3, 0.4) is 0 Å². The molecule has 0 bridgehead atoms. The molecular formula is C14H30N4O2S. The van der Waals surface area contributed by atoms with E-state index in [1.165, 1.54) is 10.7 Å². The Balaban J connectivity index is 1.95. The molecule has 2 atom stereocenters. The maximum atomic E-state index is 12.7. The first-order chi connectivity index (χ1) is 9.96. The summed E-state index contributed by atoms with van der Waals surface area (Å²) in [7, 11) is 2.47. The van der Waals surface area contributed by atoms with Crippen LogP contribution in [0.2, 0.25) is 0 Å². The maximum absolute atomic E-state index is 12.7. The average molecular weight is 318 g/mol. The van der Waals surface area contributed by atoms with Gasteiger partial charge in [0.2, 0.25) is 0 Å². The second-order valence-electron chi connectivity index (χ2n) is 6.38. The lowest BCUT2D eigenvalue weighted by molar-refractivity contribution is 0.0653.